The van der Waals surface area contributed by atoms with Crippen LogP contribution < -0.4 is 5.32 Å². The van der Waals surface area contributed by atoms with Crippen molar-refractivity contribution in [3.05, 3.63) is 36.0 Å². The van der Waals surface area contributed by atoms with Crippen LogP contribution in [0.3, 0.4) is 0 Å². The Morgan fingerprint density at radius 2 is 1.61 bits per heavy atom. The fourth-order valence-electron chi connectivity index (χ4n) is 5.71. The first-order valence-corrected chi connectivity index (χ1v) is 8.75. The second-order valence-electron chi connectivity index (χ2n) is 7.91. The Morgan fingerprint density at radius 1 is 0.957 bits per heavy atom. The molecule has 0 spiro atoms. The fraction of sp³-hybridized carbons (Fsp3) is 0.526. The molecular formula is C19H21N3O. The summed E-state index contributed by atoms with van der Waals surface area (Å²) in [5.41, 5.74) is 2.13. The molecule has 4 fully saturated rings. The summed E-state index contributed by atoms with van der Waals surface area (Å²) in [6, 6.07) is 9.65. The molecule has 4 heteroatoms. The molecule has 6 rings (SSSR count). The molecule has 4 nitrogen and oxygen atoms in total. The number of carbonyl (C=O) groups is 1. The van der Waals surface area contributed by atoms with Gasteiger partial charge in [0.1, 0.15) is 0 Å². The molecular weight excluding hydrogens is 286 g/mol. The zero-order valence-corrected chi connectivity index (χ0v) is 13.2. The van der Waals surface area contributed by atoms with E-state index in [1.54, 1.807) is 0 Å². The van der Waals surface area contributed by atoms with Crippen LogP contribution in [0.25, 0.3) is 11.3 Å². The summed E-state index contributed by atoms with van der Waals surface area (Å²) >= 11 is 0. The van der Waals surface area contributed by atoms with Gasteiger partial charge in [0.25, 0.3) is 5.91 Å². The van der Waals surface area contributed by atoms with Gasteiger partial charge in [-0.25, -0.2) is 0 Å². The summed E-state index contributed by atoms with van der Waals surface area (Å²) in [7, 11) is 0. The predicted octanol–water partition coefficient (Wildman–Crippen LogP) is 3.28. The first kappa shape index (κ1) is 13.5. The normalized spacial score (nSPS) is 34.7. The first-order chi connectivity index (χ1) is 11.2. The van der Waals surface area contributed by atoms with E-state index in [1.165, 1.54) is 19.3 Å². The van der Waals surface area contributed by atoms with Gasteiger partial charge in [-0.05, 0) is 62.3 Å². The van der Waals surface area contributed by atoms with E-state index in [0.29, 0.717) is 5.69 Å². The van der Waals surface area contributed by atoms with Crippen molar-refractivity contribution in [3.8, 4) is 11.3 Å². The summed E-state index contributed by atoms with van der Waals surface area (Å²) in [6.07, 6.45) is 7.61. The minimum absolute atomic E-state index is 0.0219. The number of nitrogens with zero attached hydrogens (tertiary/aromatic N) is 2. The van der Waals surface area contributed by atoms with Crippen molar-refractivity contribution >= 4 is 5.91 Å². The summed E-state index contributed by atoms with van der Waals surface area (Å²) in [5.74, 6) is 2.42. The van der Waals surface area contributed by atoms with Crippen molar-refractivity contribution in [3.63, 3.8) is 0 Å². The average Bonchev–Trinajstić information content (AvgIpc) is 2.75. The van der Waals surface area contributed by atoms with Crippen molar-refractivity contribution in [2.45, 2.75) is 44.1 Å². The van der Waals surface area contributed by atoms with E-state index in [-0.39, 0.29) is 11.4 Å². The van der Waals surface area contributed by atoms with Crippen molar-refractivity contribution < 1.29 is 4.79 Å². The van der Waals surface area contributed by atoms with Gasteiger partial charge in [-0.15, -0.1) is 10.2 Å². The van der Waals surface area contributed by atoms with Crippen LogP contribution in [0.4, 0.5) is 0 Å². The second-order valence-corrected chi connectivity index (χ2v) is 7.91. The highest BCUT2D eigenvalue weighted by atomic mass is 16.2. The van der Waals surface area contributed by atoms with Gasteiger partial charge in [-0.2, -0.15) is 0 Å². The van der Waals surface area contributed by atoms with Crippen LogP contribution in [-0.4, -0.2) is 21.6 Å². The molecule has 0 unspecified atom stereocenters. The highest BCUT2D eigenvalue weighted by molar-refractivity contribution is 5.99. The van der Waals surface area contributed by atoms with Crippen LogP contribution in [0.5, 0.6) is 0 Å². The highest BCUT2D eigenvalue weighted by Crippen LogP contribution is 2.55. The predicted molar refractivity (Wildman–Crippen MR) is 87.0 cm³/mol. The van der Waals surface area contributed by atoms with Gasteiger partial charge in [-0.1, -0.05) is 24.3 Å². The van der Waals surface area contributed by atoms with Crippen LogP contribution >= 0.6 is 0 Å². The summed E-state index contributed by atoms with van der Waals surface area (Å²) in [6.45, 7) is 0. The Bertz CT molecular complexity index is 706. The maximum absolute atomic E-state index is 12.9. The Kier molecular flexibility index (Phi) is 2.79. The van der Waals surface area contributed by atoms with Crippen LogP contribution in [0.15, 0.2) is 30.3 Å². The third kappa shape index (κ3) is 2.15. The lowest BCUT2D eigenvalue weighted by Gasteiger charge is -2.56. The van der Waals surface area contributed by atoms with Gasteiger partial charge in [0.2, 0.25) is 0 Å². The largest absolute Gasteiger partial charge is 0.345 e. The number of hydrogen-bond acceptors (Lipinski definition) is 3. The van der Waals surface area contributed by atoms with Gasteiger partial charge >= 0.3 is 0 Å². The molecule has 5 aliphatic carbocycles. The summed E-state index contributed by atoms with van der Waals surface area (Å²) in [5, 5.41) is 11.7. The molecule has 0 radical (unpaired) electrons. The van der Waals surface area contributed by atoms with Gasteiger partial charge in [0.15, 0.2) is 5.69 Å². The van der Waals surface area contributed by atoms with E-state index in [0.717, 1.165) is 48.3 Å². The molecule has 1 N–H and O–H groups in total. The standard InChI is InChI=1S/C19H21N3O/c23-18(17-15-4-2-1-3-5-16(15)21-22-17)20-19-9-12-6-13(10-19)8-14(7-12)11-19/h1-5,12-14H,6-11H2,(H,20,23). The molecule has 0 saturated heterocycles. The second kappa shape index (κ2) is 4.76. The maximum atomic E-state index is 12.9. The van der Waals surface area contributed by atoms with Crippen LogP contribution in [0.1, 0.15) is 49.0 Å². The Balaban J connectivity index is 1.44. The molecule has 0 aromatic heterocycles. The van der Waals surface area contributed by atoms with Crippen molar-refractivity contribution in [2.24, 2.45) is 17.8 Å². The van der Waals surface area contributed by atoms with Gasteiger partial charge < -0.3 is 5.32 Å². The van der Waals surface area contributed by atoms with Gasteiger partial charge in [0.05, 0.1) is 5.69 Å². The van der Waals surface area contributed by atoms with Gasteiger partial charge in [0, 0.05) is 11.1 Å². The third-order valence-corrected chi connectivity index (χ3v) is 6.16. The molecule has 4 bridgehead atoms. The van der Waals surface area contributed by atoms with Crippen LogP contribution in [-0.2, 0) is 0 Å². The van der Waals surface area contributed by atoms with Crippen molar-refractivity contribution in [1.82, 2.24) is 15.5 Å². The van der Waals surface area contributed by atoms with E-state index >= 15 is 0 Å². The fourth-order valence-corrected chi connectivity index (χ4v) is 5.71. The monoisotopic (exact) mass is 307 g/mol. The van der Waals surface area contributed by atoms with Gasteiger partial charge in [-0.3, -0.25) is 4.79 Å². The first-order valence-electron chi connectivity index (χ1n) is 8.75. The van der Waals surface area contributed by atoms with E-state index in [1.807, 2.05) is 30.3 Å². The molecule has 0 aromatic carbocycles. The molecule has 1 aliphatic heterocycles. The third-order valence-electron chi connectivity index (χ3n) is 6.16. The number of amides is 1. The number of hydrogen-bond donors (Lipinski definition) is 1. The average molecular weight is 307 g/mol. The van der Waals surface area contributed by atoms with Crippen LogP contribution in [0.2, 0.25) is 0 Å². The van der Waals surface area contributed by atoms with E-state index < -0.39 is 0 Å². The molecule has 1 heterocycles. The van der Waals surface area contributed by atoms with Crippen molar-refractivity contribution in [2.75, 3.05) is 0 Å². The topological polar surface area (TPSA) is 54.9 Å². The van der Waals surface area contributed by atoms with E-state index in [4.69, 9.17) is 0 Å². The SMILES string of the molecule is O=C(NC12CC3CC(CC(C3)C1)C2)c1nnc2cccccc1-2. The molecule has 23 heavy (non-hydrogen) atoms. The molecule has 0 aromatic rings. The number of nitrogens with one attached hydrogen (secondary N) is 1. The van der Waals surface area contributed by atoms with Crippen molar-refractivity contribution in [1.29, 1.82) is 0 Å². The lowest BCUT2D eigenvalue weighted by molar-refractivity contribution is -0.0167. The quantitative estimate of drug-likeness (QED) is 0.926. The molecule has 6 aliphatic rings. The zero-order valence-electron chi connectivity index (χ0n) is 13.2. The van der Waals surface area contributed by atoms with Crippen LogP contribution in [0, 0.1) is 17.8 Å². The Labute approximate surface area is 136 Å². The number of rotatable bonds is 2. The summed E-state index contributed by atoms with van der Waals surface area (Å²) < 4.78 is 0. The highest BCUT2D eigenvalue weighted by Gasteiger charge is 2.51. The summed E-state index contributed by atoms with van der Waals surface area (Å²) in [4.78, 5) is 12.9. The minimum atomic E-state index is -0.0411. The molecule has 1 amide bonds. The smallest absolute Gasteiger partial charge is 0.272 e. The lowest BCUT2D eigenvalue weighted by Crippen LogP contribution is -2.59. The zero-order chi connectivity index (χ0) is 15.4. The lowest BCUT2D eigenvalue weighted by atomic mass is 9.53. The number of aromatic nitrogens is 2. The molecule has 4 saturated carbocycles. The Morgan fingerprint density at radius 3 is 2.30 bits per heavy atom. The van der Waals surface area contributed by atoms with E-state index in [9.17, 15) is 4.79 Å². The molecule has 0 atom stereocenters. The number of carbonyl (C=O) groups excluding carboxylic acids is 1. The van der Waals surface area contributed by atoms with E-state index in [2.05, 4.69) is 15.5 Å². The molecule has 118 valence electrons. The minimum Gasteiger partial charge on any atom is -0.345 e. The number of fused-ring (bicyclic) bond motifs is 1. The maximum Gasteiger partial charge on any atom is 0.272 e. The Hall–Kier alpha value is -1.97.